The van der Waals surface area contributed by atoms with Gasteiger partial charge in [-0.1, -0.05) is 45.4 Å². The predicted molar refractivity (Wildman–Crippen MR) is 110 cm³/mol. The van der Waals surface area contributed by atoms with Crippen LogP contribution in [0.3, 0.4) is 0 Å². The molecule has 5 nitrogen and oxygen atoms in total. The fraction of sp³-hybridized carbons (Fsp3) is 0.167. The largest absolute Gasteiger partial charge is 0.325 e. The van der Waals surface area contributed by atoms with Crippen molar-refractivity contribution in [3.8, 4) is 0 Å². The Morgan fingerprint density at radius 2 is 2.04 bits per heavy atom. The molecule has 1 aliphatic heterocycles. The van der Waals surface area contributed by atoms with Gasteiger partial charge in [0.1, 0.15) is 5.25 Å². The highest BCUT2D eigenvalue weighted by atomic mass is 79.9. The second kappa shape index (κ2) is 8.24. The summed E-state index contributed by atoms with van der Waals surface area (Å²) in [5, 5.41) is 3.40. The summed E-state index contributed by atoms with van der Waals surface area (Å²) in [5.74, 6) is -0.371. The van der Waals surface area contributed by atoms with Crippen molar-refractivity contribution < 1.29 is 9.59 Å². The Morgan fingerprint density at radius 3 is 2.73 bits per heavy atom. The third-order valence-electron chi connectivity index (χ3n) is 3.70. The Bertz CT molecular complexity index is 873. The number of anilines is 1. The molecule has 0 bridgehead atoms. The van der Waals surface area contributed by atoms with Crippen molar-refractivity contribution in [1.29, 1.82) is 0 Å². The van der Waals surface area contributed by atoms with Gasteiger partial charge >= 0.3 is 0 Å². The van der Waals surface area contributed by atoms with Crippen LogP contribution >= 0.6 is 39.3 Å². The summed E-state index contributed by atoms with van der Waals surface area (Å²) in [5.41, 5.74) is 1.34. The van der Waals surface area contributed by atoms with E-state index in [9.17, 15) is 9.59 Å². The standard InChI is InChI=1S/C18H15BrClN3O2S/c1-23-16(24)10-15(17(25)21-14-4-2-3-11(19)9-14)26-18(23)22-13-7-5-12(20)6-8-13/h2-9,15H,10H2,1H3,(H,21,25). The number of rotatable bonds is 3. The number of hydrogen-bond donors (Lipinski definition) is 1. The van der Waals surface area contributed by atoms with Gasteiger partial charge in [0.05, 0.1) is 5.69 Å². The van der Waals surface area contributed by atoms with Gasteiger partial charge in [0.15, 0.2) is 5.17 Å². The van der Waals surface area contributed by atoms with Gasteiger partial charge in [-0.25, -0.2) is 4.99 Å². The zero-order chi connectivity index (χ0) is 18.7. The highest BCUT2D eigenvalue weighted by molar-refractivity contribution is 9.10. The van der Waals surface area contributed by atoms with Crippen LogP contribution in [0.5, 0.6) is 0 Å². The Labute approximate surface area is 168 Å². The lowest BCUT2D eigenvalue weighted by Gasteiger charge is -2.28. The van der Waals surface area contributed by atoms with E-state index < -0.39 is 5.25 Å². The Morgan fingerprint density at radius 1 is 1.31 bits per heavy atom. The lowest BCUT2D eigenvalue weighted by atomic mass is 10.2. The number of carbonyl (C=O) groups is 2. The van der Waals surface area contributed by atoms with Crippen molar-refractivity contribution in [2.75, 3.05) is 12.4 Å². The normalized spacial score (nSPS) is 18.9. The first-order valence-electron chi connectivity index (χ1n) is 7.76. The second-order valence-corrected chi connectivity index (χ2v) is 8.16. The number of nitrogens with one attached hydrogen (secondary N) is 1. The lowest BCUT2D eigenvalue weighted by Crippen LogP contribution is -2.43. The second-order valence-electron chi connectivity index (χ2n) is 5.63. The molecule has 134 valence electrons. The van der Waals surface area contributed by atoms with Crippen molar-refractivity contribution in [1.82, 2.24) is 4.90 Å². The molecule has 0 spiro atoms. The molecule has 1 atom stereocenters. The summed E-state index contributed by atoms with van der Waals surface area (Å²) in [7, 11) is 1.66. The van der Waals surface area contributed by atoms with Crippen LogP contribution in [-0.4, -0.2) is 34.2 Å². The minimum atomic E-state index is -0.538. The molecule has 1 aliphatic rings. The lowest BCUT2D eigenvalue weighted by molar-refractivity contribution is -0.128. The van der Waals surface area contributed by atoms with E-state index >= 15 is 0 Å². The highest BCUT2D eigenvalue weighted by Crippen LogP contribution is 2.29. The Balaban J connectivity index is 1.77. The van der Waals surface area contributed by atoms with Gasteiger partial charge in [0.2, 0.25) is 11.8 Å². The fourth-order valence-electron chi connectivity index (χ4n) is 2.31. The maximum atomic E-state index is 12.6. The average Bonchev–Trinajstić information content (AvgIpc) is 2.60. The molecule has 1 saturated heterocycles. The quantitative estimate of drug-likeness (QED) is 0.735. The fourth-order valence-corrected chi connectivity index (χ4v) is 3.90. The highest BCUT2D eigenvalue weighted by Gasteiger charge is 2.34. The van der Waals surface area contributed by atoms with Crippen LogP contribution in [0, 0.1) is 0 Å². The zero-order valence-electron chi connectivity index (χ0n) is 13.8. The maximum absolute atomic E-state index is 12.6. The van der Waals surface area contributed by atoms with Crippen LogP contribution in [0.25, 0.3) is 0 Å². The van der Waals surface area contributed by atoms with Crippen molar-refractivity contribution in [3.05, 3.63) is 58.0 Å². The van der Waals surface area contributed by atoms with E-state index in [4.69, 9.17) is 11.6 Å². The predicted octanol–water partition coefficient (Wildman–Crippen LogP) is 4.69. The number of carbonyl (C=O) groups excluding carboxylic acids is 2. The number of nitrogens with zero attached hydrogens (tertiary/aromatic N) is 2. The summed E-state index contributed by atoms with van der Waals surface area (Å²) in [6.45, 7) is 0. The Kier molecular flexibility index (Phi) is 6.01. The van der Waals surface area contributed by atoms with Gasteiger partial charge in [-0.15, -0.1) is 0 Å². The van der Waals surface area contributed by atoms with E-state index in [2.05, 4.69) is 26.2 Å². The minimum absolute atomic E-state index is 0.126. The van der Waals surface area contributed by atoms with E-state index in [1.165, 1.54) is 16.7 Å². The number of amides is 2. The van der Waals surface area contributed by atoms with Crippen molar-refractivity contribution >= 4 is 67.6 Å². The van der Waals surface area contributed by atoms with Crippen LogP contribution in [0.4, 0.5) is 11.4 Å². The zero-order valence-corrected chi connectivity index (χ0v) is 16.9. The first-order chi connectivity index (χ1) is 12.4. The number of thioether (sulfide) groups is 1. The van der Waals surface area contributed by atoms with Crippen LogP contribution in [-0.2, 0) is 9.59 Å². The summed E-state index contributed by atoms with van der Waals surface area (Å²) in [4.78, 5) is 30.8. The molecule has 1 unspecified atom stereocenters. The van der Waals surface area contributed by atoms with Crippen molar-refractivity contribution in [3.63, 3.8) is 0 Å². The number of aliphatic imine (C=N–C) groups is 1. The molecule has 2 amide bonds. The van der Waals surface area contributed by atoms with Crippen molar-refractivity contribution in [2.24, 2.45) is 4.99 Å². The van der Waals surface area contributed by atoms with Gasteiger partial charge < -0.3 is 5.32 Å². The van der Waals surface area contributed by atoms with Crippen molar-refractivity contribution in [2.45, 2.75) is 11.7 Å². The summed E-state index contributed by atoms with van der Waals surface area (Å²) >= 11 is 10.5. The number of halogens is 2. The van der Waals surface area contributed by atoms with E-state index in [1.54, 1.807) is 37.4 Å². The van der Waals surface area contributed by atoms with Gasteiger partial charge in [0.25, 0.3) is 0 Å². The van der Waals surface area contributed by atoms with E-state index in [-0.39, 0.29) is 18.2 Å². The molecule has 2 aromatic rings. The third-order valence-corrected chi connectivity index (χ3v) is 5.69. The van der Waals surface area contributed by atoms with Crippen LogP contribution < -0.4 is 5.32 Å². The van der Waals surface area contributed by atoms with Gasteiger partial charge in [-0.2, -0.15) is 0 Å². The van der Waals surface area contributed by atoms with Crippen LogP contribution in [0.2, 0.25) is 5.02 Å². The smallest absolute Gasteiger partial charge is 0.238 e. The minimum Gasteiger partial charge on any atom is -0.325 e. The molecule has 0 radical (unpaired) electrons. The molecule has 1 N–H and O–H groups in total. The van der Waals surface area contributed by atoms with Gasteiger partial charge in [0, 0.05) is 28.7 Å². The average molecular weight is 453 g/mol. The molecular weight excluding hydrogens is 438 g/mol. The number of benzene rings is 2. The van der Waals surface area contributed by atoms with Crippen LogP contribution in [0.15, 0.2) is 58.0 Å². The molecule has 0 aromatic heterocycles. The van der Waals surface area contributed by atoms with Gasteiger partial charge in [-0.05, 0) is 42.5 Å². The van der Waals surface area contributed by atoms with Gasteiger partial charge in [-0.3, -0.25) is 14.5 Å². The summed E-state index contributed by atoms with van der Waals surface area (Å²) in [6.07, 6.45) is 0.126. The van der Waals surface area contributed by atoms with E-state index in [0.29, 0.717) is 21.6 Å². The number of amidine groups is 1. The molecule has 2 aromatic carbocycles. The molecule has 0 saturated carbocycles. The number of hydrogen-bond acceptors (Lipinski definition) is 4. The molecule has 1 heterocycles. The molecule has 1 fully saturated rings. The monoisotopic (exact) mass is 451 g/mol. The molecule has 3 rings (SSSR count). The Hall–Kier alpha value is -1.83. The van der Waals surface area contributed by atoms with E-state index in [0.717, 1.165) is 4.47 Å². The summed E-state index contributed by atoms with van der Waals surface area (Å²) in [6, 6.07) is 14.3. The SMILES string of the molecule is CN1C(=O)CC(C(=O)Nc2cccc(Br)c2)SC1=Nc1ccc(Cl)cc1. The molecular formula is C18H15BrClN3O2S. The summed E-state index contributed by atoms with van der Waals surface area (Å²) < 4.78 is 0.868. The first kappa shape index (κ1) is 18.9. The van der Waals surface area contributed by atoms with E-state index in [1.807, 2.05) is 18.2 Å². The molecule has 8 heteroatoms. The van der Waals surface area contributed by atoms with Crippen LogP contribution in [0.1, 0.15) is 6.42 Å². The topological polar surface area (TPSA) is 61.8 Å². The molecule has 26 heavy (non-hydrogen) atoms. The maximum Gasteiger partial charge on any atom is 0.238 e. The first-order valence-corrected chi connectivity index (χ1v) is 9.81. The molecule has 0 aliphatic carbocycles. The third kappa shape index (κ3) is 4.66.